The van der Waals surface area contributed by atoms with E-state index in [1.54, 1.807) is 16.7 Å². The minimum absolute atomic E-state index is 0.0231. The van der Waals surface area contributed by atoms with Crippen LogP contribution in [0.2, 0.25) is 0 Å². The number of piperidine rings is 1. The number of alkyl halides is 3. The number of likely N-dealkylation sites (tertiary alicyclic amines) is 1. The molecule has 1 aromatic heterocycles. The molecule has 1 N–H and O–H groups in total. The first-order valence-electron chi connectivity index (χ1n) is 9.69. The van der Waals surface area contributed by atoms with E-state index in [2.05, 4.69) is 5.32 Å². The fourth-order valence-electron chi connectivity index (χ4n) is 4.47. The molecule has 1 fully saturated rings. The van der Waals surface area contributed by atoms with E-state index >= 15 is 0 Å². The van der Waals surface area contributed by atoms with Gasteiger partial charge in [-0.2, -0.15) is 0 Å². The molecular formula is C20H19Cl3N4O4. The van der Waals surface area contributed by atoms with Gasteiger partial charge in [0.1, 0.15) is 6.17 Å². The number of benzene rings is 1. The predicted octanol–water partition coefficient (Wildman–Crippen LogP) is 3.30. The predicted molar refractivity (Wildman–Crippen MR) is 118 cm³/mol. The summed E-state index contributed by atoms with van der Waals surface area (Å²) in [5.41, 5.74) is 1.02. The van der Waals surface area contributed by atoms with Crippen LogP contribution in [0.15, 0.2) is 47.3 Å². The Morgan fingerprint density at radius 3 is 2.48 bits per heavy atom. The van der Waals surface area contributed by atoms with Gasteiger partial charge < -0.3 is 9.88 Å². The van der Waals surface area contributed by atoms with Gasteiger partial charge in [-0.3, -0.25) is 24.6 Å². The Labute approximate surface area is 192 Å². The van der Waals surface area contributed by atoms with E-state index in [-0.39, 0.29) is 28.6 Å². The van der Waals surface area contributed by atoms with E-state index in [1.807, 2.05) is 11.0 Å². The number of nitrogens with zero attached hydrogens (tertiary/aromatic N) is 3. The molecule has 31 heavy (non-hydrogen) atoms. The van der Waals surface area contributed by atoms with Crippen molar-refractivity contribution in [3.8, 4) is 0 Å². The molecule has 2 bridgehead atoms. The molecule has 3 heterocycles. The van der Waals surface area contributed by atoms with Crippen LogP contribution in [0.3, 0.4) is 0 Å². The number of amides is 1. The number of fused-ring (bicyclic) bond motifs is 4. The first kappa shape index (κ1) is 22.1. The maximum Gasteiger partial charge on any atom is 0.269 e. The Hall–Kier alpha value is -2.13. The highest BCUT2D eigenvalue weighted by molar-refractivity contribution is 6.68. The van der Waals surface area contributed by atoms with Crippen LogP contribution >= 0.6 is 34.8 Å². The number of hydrogen-bond donors (Lipinski definition) is 1. The van der Waals surface area contributed by atoms with Crippen molar-refractivity contribution < 1.29 is 9.72 Å². The maximum absolute atomic E-state index is 12.8. The topological polar surface area (TPSA) is 97.5 Å². The fraction of sp³-hybridized carbons (Fsp3) is 0.400. The summed E-state index contributed by atoms with van der Waals surface area (Å²) in [6, 6.07) is 10.4. The molecule has 1 saturated heterocycles. The number of nitrogens with one attached hydrogen (secondary N) is 1. The van der Waals surface area contributed by atoms with Crippen LogP contribution in [0, 0.1) is 16.0 Å². The second-order valence-electron chi connectivity index (χ2n) is 7.87. The zero-order valence-electron chi connectivity index (χ0n) is 16.2. The van der Waals surface area contributed by atoms with Crippen molar-refractivity contribution in [2.75, 3.05) is 13.1 Å². The number of rotatable bonds is 4. The molecule has 3 atom stereocenters. The van der Waals surface area contributed by atoms with Crippen molar-refractivity contribution in [3.63, 3.8) is 0 Å². The van der Waals surface area contributed by atoms with Crippen molar-refractivity contribution in [1.29, 1.82) is 0 Å². The molecule has 2 aliphatic heterocycles. The summed E-state index contributed by atoms with van der Waals surface area (Å²) in [7, 11) is 0. The van der Waals surface area contributed by atoms with E-state index in [0.29, 0.717) is 19.6 Å². The summed E-state index contributed by atoms with van der Waals surface area (Å²) < 4.78 is -0.00555. The molecule has 0 aliphatic carbocycles. The smallest absolute Gasteiger partial charge is 0.269 e. The summed E-state index contributed by atoms with van der Waals surface area (Å²) >= 11 is 18.7. The van der Waals surface area contributed by atoms with Crippen molar-refractivity contribution in [2.24, 2.45) is 5.92 Å². The second-order valence-corrected chi connectivity index (χ2v) is 10.2. The van der Waals surface area contributed by atoms with Crippen LogP contribution in [-0.4, -0.2) is 43.3 Å². The number of non-ortho nitro benzene ring substituents is 1. The zero-order valence-corrected chi connectivity index (χ0v) is 18.5. The number of hydrogen-bond acceptors (Lipinski definition) is 5. The Kier molecular flexibility index (Phi) is 6.00. The average molecular weight is 486 g/mol. The number of halogens is 3. The number of nitro benzene ring substituents is 1. The lowest BCUT2D eigenvalue weighted by molar-refractivity contribution is -0.384. The molecule has 0 radical (unpaired) electrons. The minimum atomic E-state index is -1.81. The summed E-state index contributed by atoms with van der Waals surface area (Å²) in [6.45, 7) is 1.64. The van der Waals surface area contributed by atoms with Gasteiger partial charge in [-0.25, -0.2) is 0 Å². The molecule has 11 heteroatoms. The molecule has 0 spiro atoms. The third-order valence-electron chi connectivity index (χ3n) is 5.79. The lowest BCUT2D eigenvalue weighted by Crippen LogP contribution is -2.60. The first-order valence-corrected chi connectivity index (χ1v) is 10.8. The van der Waals surface area contributed by atoms with Crippen LogP contribution < -0.4 is 10.9 Å². The molecule has 1 amide bonds. The second kappa shape index (κ2) is 8.43. The fourth-order valence-corrected chi connectivity index (χ4v) is 5.04. The van der Waals surface area contributed by atoms with Crippen LogP contribution in [0.5, 0.6) is 0 Å². The van der Waals surface area contributed by atoms with Gasteiger partial charge in [-0.05, 0) is 30.5 Å². The van der Waals surface area contributed by atoms with Gasteiger partial charge >= 0.3 is 0 Å². The molecule has 0 saturated carbocycles. The number of aromatic nitrogens is 1. The lowest BCUT2D eigenvalue weighted by atomic mass is 9.83. The first-order chi connectivity index (χ1) is 14.6. The molecule has 0 unspecified atom stereocenters. The Bertz CT molecular complexity index is 1070. The highest BCUT2D eigenvalue weighted by atomic mass is 35.6. The minimum Gasteiger partial charge on any atom is -0.332 e. The third kappa shape index (κ3) is 4.57. The quantitative estimate of drug-likeness (QED) is 0.407. The summed E-state index contributed by atoms with van der Waals surface area (Å²) in [5, 5.41) is 13.6. The van der Waals surface area contributed by atoms with Gasteiger partial charge in [0.2, 0.25) is 3.79 Å². The van der Waals surface area contributed by atoms with Crippen molar-refractivity contribution in [2.45, 2.75) is 28.8 Å². The standard InChI is InChI=1S/C20H19Cl3N4O4/c21-20(22,23)19(24-18(29)13-4-6-15(7-5-13)27(30)31)25-9-12-8-14(11-25)16-2-1-3-17(28)26(16)10-12/h1-7,12,14,19H,8-11H2,(H,24,29)/t12-,14+,19+/m0/s1. The molecule has 8 nitrogen and oxygen atoms in total. The summed E-state index contributed by atoms with van der Waals surface area (Å²) in [4.78, 5) is 37.2. The Morgan fingerprint density at radius 2 is 1.84 bits per heavy atom. The monoisotopic (exact) mass is 484 g/mol. The van der Waals surface area contributed by atoms with Gasteiger partial charge in [-0.15, -0.1) is 0 Å². The van der Waals surface area contributed by atoms with Crippen LogP contribution in [0.1, 0.15) is 28.4 Å². The number of carbonyl (C=O) groups is 1. The average Bonchev–Trinajstić information content (AvgIpc) is 2.71. The van der Waals surface area contributed by atoms with Gasteiger partial charge in [0.05, 0.1) is 4.92 Å². The Morgan fingerprint density at radius 1 is 1.13 bits per heavy atom. The molecule has 2 aliphatic rings. The molecular weight excluding hydrogens is 467 g/mol. The molecule has 1 aromatic carbocycles. The van der Waals surface area contributed by atoms with Gasteiger partial charge in [-0.1, -0.05) is 40.9 Å². The Balaban J connectivity index is 1.56. The number of nitro groups is 1. The number of pyridine rings is 1. The third-order valence-corrected chi connectivity index (χ3v) is 6.41. The van der Waals surface area contributed by atoms with Crippen molar-refractivity contribution in [1.82, 2.24) is 14.8 Å². The van der Waals surface area contributed by atoms with Crippen LogP contribution in [0.25, 0.3) is 0 Å². The van der Waals surface area contributed by atoms with Gasteiger partial charge in [0.25, 0.3) is 17.2 Å². The number of carbonyl (C=O) groups excluding carboxylic acids is 1. The largest absolute Gasteiger partial charge is 0.332 e. The van der Waals surface area contributed by atoms with E-state index in [0.717, 1.165) is 12.1 Å². The normalized spacial score (nSPS) is 21.8. The van der Waals surface area contributed by atoms with E-state index < -0.39 is 20.8 Å². The SMILES string of the molecule is O=C(N[C@H](N1C[C@@H]2C[C@H](C1)c1cccc(=O)n1C2)C(Cl)(Cl)Cl)c1ccc([N+](=O)[O-])cc1. The molecule has 4 rings (SSSR count). The van der Waals surface area contributed by atoms with Gasteiger partial charge in [0, 0.05) is 55.0 Å². The summed E-state index contributed by atoms with van der Waals surface area (Å²) in [5.74, 6) is -0.247. The van der Waals surface area contributed by atoms with Gasteiger partial charge in [0.15, 0.2) is 0 Å². The van der Waals surface area contributed by atoms with Crippen LogP contribution in [0.4, 0.5) is 5.69 Å². The lowest BCUT2D eigenvalue weighted by Gasteiger charge is -2.47. The zero-order chi connectivity index (χ0) is 22.3. The van der Waals surface area contributed by atoms with Crippen molar-refractivity contribution in [3.05, 3.63) is 74.2 Å². The molecule has 164 valence electrons. The van der Waals surface area contributed by atoms with Crippen molar-refractivity contribution >= 4 is 46.4 Å². The maximum atomic E-state index is 12.8. The highest BCUT2D eigenvalue weighted by Gasteiger charge is 2.44. The summed E-state index contributed by atoms with van der Waals surface area (Å²) in [6.07, 6.45) is 0.00973. The van der Waals surface area contributed by atoms with E-state index in [4.69, 9.17) is 34.8 Å². The highest BCUT2D eigenvalue weighted by Crippen LogP contribution is 2.40. The van der Waals surface area contributed by atoms with E-state index in [1.165, 1.54) is 24.3 Å². The van der Waals surface area contributed by atoms with E-state index in [9.17, 15) is 19.7 Å². The molecule has 2 aromatic rings. The van der Waals surface area contributed by atoms with Crippen LogP contribution in [-0.2, 0) is 6.54 Å².